The van der Waals surface area contributed by atoms with E-state index in [4.69, 9.17) is 4.74 Å². The lowest BCUT2D eigenvalue weighted by Crippen LogP contribution is -2.38. The molecule has 1 saturated heterocycles. The Morgan fingerprint density at radius 3 is 2.52 bits per heavy atom. The largest absolute Gasteiger partial charge is 0.378 e. The molecule has 1 aliphatic heterocycles. The average Bonchev–Trinajstić information content (AvgIpc) is 3.04. The van der Waals surface area contributed by atoms with Gasteiger partial charge in [-0.1, -0.05) is 30.3 Å². The number of hydrogen-bond donors (Lipinski definition) is 1. The van der Waals surface area contributed by atoms with Gasteiger partial charge in [-0.25, -0.2) is 4.98 Å². The summed E-state index contributed by atoms with van der Waals surface area (Å²) in [6, 6.07) is 13.5. The van der Waals surface area contributed by atoms with Gasteiger partial charge in [0.25, 0.3) is 0 Å². The van der Waals surface area contributed by atoms with Crippen LogP contribution in [0.2, 0.25) is 0 Å². The number of nitrogens with one attached hydrogen (secondary N) is 1. The number of fused-ring (bicyclic) bond motifs is 1. The molecule has 4 rings (SSSR count). The molecule has 23 heavy (non-hydrogen) atoms. The number of aromatic nitrogens is 1. The van der Waals surface area contributed by atoms with Crippen molar-refractivity contribution in [3.8, 4) is 0 Å². The smallest absolute Gasteiger partial charge is 0.133 e. The lowest BCUT2D eigenvalue weighted by Gasteiger charge is -2.29. The molecule has 2 aromatic rings. The molecule has 0 atom stereocenters. The second-order valence-electron chi connectivity index (χ2n) is 6.34. The van der Waals surface area contributed by atoms with E-state index in [9.17, 15) is 0 Å². The number of morpholine rings is 1. The molecular formula is C19H23N3O. The Hall–Kier alpha value is -1.91. The highest BCUT2D eigenvalue weighted by Gasteiger charge is 2.21. The van der Waals surface area contributed by atoms with Gasteiger partial charge in [0.2, 0.25) is 0 Å². The summed E-state index contributed by atoms with van der Waals surface area (Å²) in [7, 11) is 0. The zero-order valence-corrected chi connectivity index (χ0v) is 13.4. The molecule has 0 radical (unpaired) electrons. The molecule has 0 spiro atoms. The number of pyridine rings is 1. The molecule has 4 heteroatoms. The molecule has 120 valence electrons. The third kappa shape index (κ3) is 3.23. The van der Waals surface area contributed by atoms with Crippen molar-refractivity contribution in [1.29, 1.82) is 0 Å². The highest BCUT2D eigenvalue weighted by atomic mass is 16.5. The van der Waals surface area contributed by atoms with Crippen LogP contribution in [0.1, 0.15) is 16.7 Å². The van der Waals surface area contributed by atoms with Crippen LogP contribution in [0.4, 0.5) is 5.82 Å². The average molecular weight is 309 g/mol. The number of ether oxygens (including phenoxy) is 1. The van der Waals surface area contributed by atoms with Gasteiger partial charge in [-0.3, -0.25) is 0 Å². The second-order valence-corrected chi connectivity index (χ2v) is 6.34. The van der Waals surface area contributed by atoms with Gasteiger partial charge in [-0.05, 0) is 30.0 Å². The Morgan fingerprint density at radius 2 is 1.78 bits per heavy atom. The fourth-order valence-electron chi connectivity index (χ4n) is 3.59. The summed E-state index contributed by atoms with van der Waals surface area (Å²) in [5.74, 6) is 1.11. The van der Waals surface area contributed by atoms with Crippen molar-refractivity contribution < 1.29 is 4.74 Å². The Balaban J connectivity index is 1.42. The lowest BCUT2D eigenvalue weighted by atomic mass is 10.1. The standard InChI is InChI=1S/C19H23N3O/c1-2-5-16-13-18(12-15(16)4-1)21-14-17-6-3-7-20-19(17)22-8-10-23-11-9-22/h1-7,18,21H,8-14H2. The summed E-state index contributed by atoms with van der Waals surface area (Å²) in [4.78, 5) is 6.95. The van der Waals surface area contributed by atoms with E-state index in [0.29, 0.717) is 6.04 Å². The fourth-order valence-corrected chi connectivity index (χ4v) is 3.59. The first kappa shape index (κ1) is 14.7. The van der Waals surface area contributed by atoms with E-state index in [1.165, 1.54) is 16.7 Å². The number of hydrogen-bond acceptors (Lipinski definition) is 4. The first-order valence-corrected chi connectivity index (χ1v) is 8.47. The van der Waals surface area contributed by atoms with Crippen LogP contribution < -0.4 is 10.2 Å². The van der Waals surface area contributed by atoms with Crippen molar-refractivity contribution in [3.63, 3.8) is 0 Å². The molecule has 2 aliphatic rings. The molecule has 1 aromatic carbocycles. The van der Waals surface area contributed by atoms with Crippen molar-refractivity contribution in [1.82, 2.24) is 10.3 Å². The molecule has 0 bridgehead atoms. The number of anilines is 1. The van der Waals surface area contributed by atoms with Crippen LogP contribution in [0, 0.1) is 0 Å². The summed E-state index contributed by atoms with van der Waals surface area (Å²) in [6.45, 7) is 4.32. The number of rotatable bonds is 4. The zero-order chi connectivity index (χ0) is 15.5. The quantitative estimate of drug-likeness (QED) is 0.939. The van der Waals surface area contributed by atoms with Gasteiger partial charge in [0.1, 0.15) is 5.82 Å². The van der Waals surface area contributed by atoms with Crippen LogP contribution in [-0.2, 0) is 24.1 Å². The van der Waals surface area contributed by atoms with Gasteiger partial charge >= 0.3 is 0 Å². The maximum atomic E-state index is 5.45. The molecule has 4 nitrogen and oxygen atoms in total. The van der Waals surface area contributed by atoms with Crippen molar-refractivity contribution in [3.05, 3.63) is 59.3 Å². The summed E-state index contributed by atoms with van der Waals surface area (Å²) >= 11 is 0. The topological polar surface area (TPSA) is 37.4 Å². The van der Waals surface area contributed by atoms with Crippen molar-refractivity contribution in [2.45, 2.75) is 25.4 Å². The third-order valence-electron chi connectivity index (χ3n) is 4.81. The summed E-state index contributed by atoms with van der Waals surface area (Å²) in [5, 5.41) is 3.73. The summed E-state index contributed by atoms with van der Waals surface area (Å²) < 4.78 is 5.45. The summed E-state index contributed by atoms with van der Waals surface area (Å²) in [6.07, 6.45) is 4.15. The van der Waals surface area contributed by atoms with Gasteiger partial charge in [0.05, 0.1) is 13.2 Å². The highest BCUT2D eigenvalue weighted by Crippen LogP contribution is 2.23. The van der Waals surface area contributed by atoms with Crippen LogP contribution in [0.15, 0.2) is 42.6 Å². The minimum absolute atomic E-state index is 0.533. The predicted molar refractivity (Wildman–Crippen MR) is 91.7 cm³/mol. The highest BCUT2D eigenvalue weighted by molar-refractivity contribution is 5.47. The van der Waals surface area contributed by atoms with Crippen LogP contribution >= 0.6 is 0 Å². The Kier molecular flexibility index (Phi) is 4.26. The molecule has 1 fully saturated rings. The maximum absolute atomic E-state index is 5.45. The van der Waals surface area contributed by atoms with E-state index in [1.54, 1.807) is 0 Å². The molecular weight excluding hydrogens is 286 g/mol. The SMILES string of the molecule is c1ccc2c(c1)CC(NCc1cccnc1N1CCOCC1)C2. The van der Waals surface area contributed by atoms with Gasteiger partial charge in [-0.2, -0.15) is 0 Å². The van der Waals surface area contributed by atoms with E-state index in [1.807, 2.05) is 12.3 Å². The van der Waals surface area contributed by atoms with Gasteiger partial charge in [0.15, 0.2) is 0 Å². The van der Waals surface area contributed by atoms with Crippen LogP contribution in [0.5, 0.6) is 0 Å². The Labute approximate surface area is 137 Å². The van der Waals surface area contributed by atoms with Gasteiger partial charge < -0.3 is 15.0 Å². The fraction of sp³-hybridized carbons (Fsp3) is 0.421. The third-order valence-corrected chi connectivity index (χ3v) is 4.81. The van der Waals surface area contributed by atoms with E-state index >= 15 is 0 Å². The Morgan fingerprint density at radius 1 is 1.04 bits per heavy atom. The molecule has 1 N–H and O–H groups in total. The monoisotopic (exact) mass is 309 g/mol. The maximum Gasteiger partial charge on any atom is 0.133 e. The van der Waals surface area contributed by atoms with E-state index in [2.05, 4.69) is 45.5 Å². The molecule has 0 unspecified atom stereocenters. The minimum atomic E-state index is 0.533. The molecule has 1 aliphatic carbocycles. The van der Waals surface area contributed by atoms with Crippen molar-refractivity contribution >= 4 is 5.82 Å². The Bertz CT molecular complexity index is 642. The molecule has 1 aromatic heterocycles. The second kappa shape index (κ2) is 6.69. The van der Waals surface area contributed by atoms with E-state index < -0.39 is 0 Å². The van der Waals surface area contributed by atoms with E-state index in [-0.39, 0.29) is 0 Å². The normalized spacial score (nSPS) is 18.2. The van der Waals surface area contributed by atoms with Gasteiger partial charge in [0, 0.05) is 37.4 Å². The first-order chi connectivity index (χ1) is 11.4. The van der Waals surface area contributed by atoms with Crippen LogP contribution in [0.25, 0.3) is 0 Å². The lowest BCUT2D eigenvalue weighted by molar-refractivity contribution is 0.122. The van der Waals surface area contributed by atoms with Gasteiger partial charge in [-0.15, -0.1) is 0 Å². The minimum Gasteiger partial charge on any atom is -0.378 e. The van der Waals surface area contributed by atoms with Crippen LogP contribution in [-0.4, -0.2) is 37.3 Å². The molecule has 0 amide bonds. The molecule has 0 saturated carbocycles. The molecule has 2 heterocycles. The number of benzene rings is 1. The number of nitrogens with zero attached hydrogens (tertiary/aromatic N) is 2. The van der Waals surface area contributed by atoms with Crippen LogP contribution in [0.3, 0.4) is 0 Å². The predicted octanol–water partition coefficient (Wildman–Crippen LogP) is 2.18. The summed E-state index contributed by atoms with van der Waals surface area (Å²) in [5.41, 5.74) is 4.26. The van der Waals surface area contributed by atoms with Crippen molar-refractivity contribution in [2.24, 2.45) is 0 Å². The zero-order valence-electron chi connectivity index (χ0n) is 13.4. The first-order valence-electron chi connectivity index (χ1n) is 8.47. The van der Waals surface area contributed by atoms with Crippen molar-refractivity contribution in [2.75, 3.05) is 31.2 Å². The van der Waals surface area contributed by atoms with E-state index in [0.717, 1.165) is 51.5 Å².